The molecule has 1 unspecified atom stereocenters. The molecule has 3 aromatic carbocycles. The molecule has 0 saturated carbocycles. The lowest BCUT2D eigenvalue weighted by molar-refractivity contribution is -0.142. The molecule has 35 heavy (non-hydrogen) atoms. The molecule has 3 rings (SSSR count). The van der Waals surface area contributed by atoms with E-state index in [4.69, 9.17) is 16.3 Å². The van der Waals surface area contributed by atoms with E-state index >= 15 is 0 Å². The largest absolute Gasteiger partial charge is 0.482 e. The van der Waals surface area contributed by atoms with E-state index in [2.05, 4.69) is 5.32 Å². The molecule has 0 aliphatic rings. The summed E-state index contributed by atoms with van der Waals surface area (Å²) in [5.41, 5.74) is 1.21. The van der Waals surface area contributed by atoms with Crippen LogP contribution in [0.5, 0.6) is 5.75 Å². The van der Waals surface area contributed by atoms with Crippen LogP contribution in [0.15, 0.2) is 78.9 Å². The molecular formula is C28H30ClFN2O3. The Bertz CT molecular complexity index is 1110. The Hall–Kier alpha value is -3.38. The number of rotatable bonds is 12. The number of hydrogen-bond acceptors (Lipinski definition) is 3. The maximum atomic E-state index is 14.6. The van der Waals surface area contributed by atoms with E-state index in [1.54, 1.807) is 42.5 Å². The van der Waals surface area contributed by atoms with Crippen molar-refractivity contribution in [3.8, 4) is 5.75 Å². The van der Waals surface area contributed by atoms with E-state index in [1.807, 2.05) is 37.3 Å². The third-order valence-corrected chi connectivity index (χ3v) is 5.90. The number of hydrogen-bond donors (Lipinski definition) is 1. The van der Waals surface area contributed by atoms with Gasteiger partial charge in [-0.15, -0.1) is 0 Å². The number of carbonyl (C=O) groups is 2. The van der Waals surface area contributed by atoms with Crippen molar-refractivity contribution in [1.29, 1.82) is 0 Å². The third-order valence-electron chi connectivity index (χ3n) is 5.59. The Balaban J connectivity index is 1.90. The van der Waals surface area contributed by atoms with Gasteiger partial charge >= 0.3 is 0 Å². The standard InChI is InChI=1S/C28H30ClFN2O3/c1-2-3-17-31-28(34)25(18-21-11-5-4-6-12-21)32(19-22-13-7-9-15-24(22)30)27(33)20-35-26-16-10-8-14-23(26)29/h4-16,25H,2-3,17-20H2,1H3,(H,31,34). The van der Waals surface area contributed by atoms with Crippen molar-refractivity contribution in [3.63, 3.8) is 0 Å². The fourth-order valence-electron chi connectivity index (χ4n) is 3.65. The fraction of sp³-hybridized carbons (Fsp3) is 0.286. The third kappa shape index (κ3) is 7.82. The molecule has 0 aliphatic heterocycles. The van der Waals surface area contributed by atoms with Gasteiger partial charge in [0.25, 0.3) is 5.91 Å². The highest BCUT2D eigenvalue weighted by atomic mass is 35.5. The van der Waals surface area contributed by atoms with Crippen molar-refractivity contribution in [3.05, 3.63) is 101 Å². The first-order valence-corrected chi connectivity index (χ1v) is 12.1. The Morgan fingerprint density at radius 2 is 1.69 bits per heavy atom. The Kier molecular flexibility index (Phi) is 10.1. The van der Waals surface area contributed by atoms with Gasteiger partial charge in [-0.2, -0.15) is 0 Å². The minimum atomic E-state index is -0.851. The van der Waals surface area contributed by atoms with E-state index in [0.29, 0.717) is 22.9 Å². The number of amides is 2. The zero-order chi connectivity index (χ0) is 25.0. The molecule has 2 amide bonds. The van der Waals surface area contributed by atoms with Gasteiger partial charge in [-0.25, -0.2) is 4.39 Å². The molecule has 0 fully saturated rings. The van der Waals surface area contributed by atoms with Crippen LogP contribution in [-0.4, -0.2) is 35.9 Å². The van der Waals surface area contributed by atoms with E-state index in [-0.39, 0.29) is 25.5 Å². The molecule has 3 aromatic rings. The Morgan fingerprint density at radius 3 is 2.40 bits per heavy atom. The first-order valence-electron chi connectivity index (χ1n) is 11.7. The molecule has 7 heteroatoms. The lowest BCUT2D eigenvalue weighted by Gasteiger charge is -2.31. The number of nitrogens with one attached hydrogen (secondary N) is 1. The van der Waals surface area contributed by atoms with Crippen LogP contribution in [0.2, 0.25) is 5.02 Å². The van der Waals surface area contributed by atoms with Crippen molar-refractivity contribution in [2.24, 2.45) is 0 Å². The summed E-state index contributed by atoms with van der Waals surface area (Å²) in [7, 11) is 0. The number of carbonyl (C=O) groups excluding carboxylic acids is 2. The minimum absolute atomic E-state index is 0.0733. The van der Waals surface area contributed by atoms with Crippen LogP contribution in [0.25, 0.3) is 0 Å². The second kappa shape index (κ2) is 13.5. The van der Waals surface area contributed by atoms with Crippen LogP contribution in [0.1, 0.15) is 30.9 Å². The van der Waals surface area contributed by atoms with Gasteiger partial charge < -0.3 is 15.0 Å². The van der Waals surface area contributed by atoms with Crippen LogP contribution < -0.4 is 10.1 Å². The van der Waals surface area contributed by atoms with E-state index in [9.17, 15) is 14.0 Å². The van der Waals surface area contributed by atoms with Crippen molar-refractivity contribution in [2.45, 2.75) is 38.8 Å². The summed E-state index contributed by atoms with van der Waals surface area (Å²) in [6.45, 7) is 2.12. The highest BCUT2D eigenvalue weighted by Gasteiger charge is 2.31. The first-order chi connectivity index (χ1) is 17.0. The van der Waals surface area contributed by atoms with Crippen LogP contribution in [-0.2, 0) is 22.6 Å². The maximum absolute atomic E-state index is 14.6. The lowest BCUT2D eigenvalue weighted by Crippen LogP contribution is -2.52. The molecule has 1 atom stereocenters. The summed E-state index contributed by atoms with van der Waals surface area (Å²) >= 11 is 6.17. The number of nitrogens with zero attached hydrogens (tertiary/aromatic N) is 1. The van der Waals surface area contributed by atoms with Crippen LogP contribution in [0.4, 0.5) is 4.39 Å². The van der Waals surface area contributed by atoms with Gasteiger partial charge in [0, 0.05) is 25.1 Å². The summed E-state index contributed by atoms with van der Waals surface area (Å²) in [6, 6.07) is 21.7. The van der Waals surface area contributed by atoms with Crippen molar-refractivity contribution in [2.75, 3.05) is 13.2 Å². The Morgan fingerprint density at radius 1 is 1.00 bits per heavy atom. The van der Waals surface area contributed by atoms with E-state index < -0.39 is 17.8 Å². The van der Waals surface area contributed by atoms with Crippen molar-refractivity contribution < 1.29 is 18.7 Å². The molecule has 0 bridgehead atoms. The molecule has 1 N–H and O–H groups in total. The van der Waals surface area contributed by atoms with Gasteiger partial charge in [0.05, 0.1) is 5.02 Å². The summed E-state index contributed by atoms with van der Waals surface area (Å²) in [5.74, 6) is -0.813. The molecule has 0 radical (unpaired) electrons. The SMILES string of the molecule is CCCCNC(=O)C(Cc1ccccc1)N(Cc1ccccc1F)C(=O)COc1ccccc1Cl. The molecule has 0 aromatic heterocycles. The topological polar surface area (TPSA) is 58.6 Å². The predicted octanol–water partition coefficient (Wildman–Crippen LogP) is 5.41. The molecule has 0 spiro atoms. The van der Waals surface area contributed by atoms with Gasteiger partial charge in [-0.1, -0.05) is 85.6 Å². The highest BCUT2D eigenvalue weighted by Crippen LogP contribution is 2.24. The number of para-hydroxylation sites is 1. The molecule has 5 nitrogen and oxygen atoms in total. The van der Waals surface area contributed by atoms with Crippen molar-refractivity contribution in [1.82, 2.24) is 10.2 Å². The zero-order valence-electron chi connectivity index (χ0n) is 19.8. The molecule has 0 heterocycles. The van der Waals surface area contributed by atoms with Crippen molar-refractivity contribution >= 4 is 23.4 Å². The lowest BCUT2D eigenvalue weighted by atomic mass is 10.0. The summed E-state index contributed by atoms with van der Waals surface area (Å²) in [5, 5.41) is 3.31. The highest BCUT2D eigenvalue weighted by molar-refractivity contribution is 6.32. The summed E-state index contributed by atoms with van der Waals surface area (Å²) < 4.78 is 20.2. The number of unbranched alkanes of at least 4 members (excludes halogenated alkanes) is 1. The average molecular weight is 497 g/mol. The van der Waals surface area contributed by atoms with Gasteiger partial charge in [-0.3, -0.25) is 9.59 Å². The van der Waals surface area contributed by atoms with Crippen LogP contribution >= 0.6 is 11.6 Å². The van der Waals surface area contributed by atoms with E-state index in [0.717, 1.165) is 18.4 Å². The van der Waals surface area contributed by atoms with Gasteiger partial charge in [0.15, 0.2) is 6.61 Å². The zero-order valence-corrected chi connectivity index (χ0v) is 20.5. The normalized spacial score (nSPS) is 11.5. The molecule has 0 saturated heterocycles. The quantitative estimate of drug-likeness (QED) is 0.341. The number of halogens is 2. The molecular weight excluding hydrogens is 467 g/mol. The van der Waals surface area contributed by atoms with E-state index in [1.165, 1.54) is 11.0 Å². The summed E-state index contributed by atoms with van der Waals surface area (Å²) in [6.07, 6.45) is 2.03. The maximum Gasteiger partial charge on any atom is 0.261 e. The molecule has 0 aliphatic carbocycles. The number of ether oxygens (including phenoxy) is 1. The van der Waals surface area contributed by atoms with Gasteiger partial charge in [0.1, 0.15) is 17.6 Å². The summed E-state index contributed by atoms with van der Waals surface area (Å²) in [4.78, 5) is 28.2. The van der Waals surface area contributed by atoms with Crippen LogP contribution in [0, 0.1) is 5.82 Å². The second-order valence-corrected chi connectivity index (χ2v) is 8.59. The predicted molar refractivity (Wildman–Crippen MR) is 136 cm³/mol. The average Bonchev–Trinajstić information content (AvgIpc) is 2.87. The monoisotopic (exact) mass is 496 g/mol. The first kappa shape index (κ1) is 26.2. The number of benzene rings is 3. The Labute approximate surface area is 210 Å². The second-order valence-electron chi connectivity index (χ2n) is 8.18. The van der Waals surface area contributed by atoms with Gasteiger partial charge in [0.2, 0.25) is 5.91 Å². The minimum Gasteiger partial charge on any atom is -0.482 e. The van der Waals surface area contributed by atoms with Crippen LogP contribution in [0.3, 0.4) is 0 Å². The molecule has 184 valence electrons. The van der Waals surface area contributed by atoms with Gasteiger partial charge in [-0.05, 0) is 30.2 Å². The smallest absolute Gasteiger partial charge is 0.261 e. The fourth-order valence-corrected chi connectivity index (χ4v) is 3.84.